The van der Waals surface area contributed by atoms with Crippen LogP contribution < -0.4 is 10.5 Å². The highest BCUT2D eigenvalue weighted by molar-refractivity contribution is 7.25. The topological polar surface area (TPSA) is 60.2 Å². The van der Waals surface area contributed by atoms with Crippen LogP contribution in [0.25, 0.3) is 26.1 Å². The minimum absolute atomic E-state index is 0.198. The van der Waals surface area contributed by atoms with Gasteiger partial charge in [0.25, 0.3) is 5.56 Å². The fraction of sp³-hybridized carbons (Fsp3) is 0.381. The Morgan fingerprint density at radius 1 is 1.38 bits per heavy atom. The number of fused-ring (bicyclic) bond motifs is 3. The number of hydrogen-bond donors (Lipinski definition) is 0. The Bertz CT molecular complexity index is 1190. The molecule has 1 aliphatic rings. The molecule has 1 aliphatic carbocycles. The first-order valence-corrected chi connectivity index (χ1v) is 10.2. The number of hydrogen-bond acceptors (Lipinski definition) is 6. The monoisotopic (exact) mass is 414 g/mol. The molecule has 0 radical (unpaired) electrons. The molecule has 4 rings (SSSR count). The molecule has 0 saturated heterocycles. The minimum Gasteiger partial charge on any atom is -0.377 e. The highest BCUT2D eigenvalue weighted by atomic mass is 32.1. The largest absolute Gasteiger partial charge is 0.377 e. The first kappa shape index (κ1) is 19.7. The van der Waals surface area contributed by atoms with Crippen LogP contribution >= 0.6 is 11.3 Å². The van der Waals surface area contributed by atoms with Crippen LogP contribution in [0, 0.1) is 6.92 Å². The van der Waals surface area contributed by atoms with Crippen LogP contribution in [0.4, 0.5) is 10.1 Å². The molecule has 3 aromatic heterocycles. The maximum absolute atomic E-state index is 14.5. The molecule has 152 valence electrons. The van der Waals surface area contributed by atoms with Crippen molar-refractivity contribution in [3.8, 4) is 0 Å². The second kappa shape index (κ2) is 7.68. The average Bonchev–Trinajstić information content (AvgIpc) is 3.03. The average molecular weight is 415 g/mol. The van der Waals surface area contributed by atoms with Crippen LogP contribution in [0.2, 0.25) is 0 Å². The van der Waals surface area contributed by atoms with Gasteiger partial charge in [-0.2, -0.15) is 0 Å². The molecule has 0 N–H and O–H groups in total. The van der Waals surface area contributed by atoms with Gasteiger partial charge in [0.15, 0.2) is 0 Å². The Kier molecular flexibility index (Phi) is 5.23. The number of halogens is 1. The summed E-state index contributed by atoms with van der Waals surface area (Å²) >= 11 is 1.33. The van der Waals surface area contributed by atoms with Gasteiger partial charge < -0.3 is 9.64 Å². The lowest BCUT2D eigenvalue weighted by Gasteiger charge is -2.17. The third-order valence-electron chi connectivity index (χ3n) is 5.06. The molecule has 0 bridgehead atoms. The summed E-state index contributed by atoms with van der Waals surface area (Å²) in [4.78, 5) is 25.2. The summed E-state index contributed by atoms with van der Waals surface area (Å²) in [5.41, 5.74) is 2.88. The normalized spacial score (nSPS) is 22.9. The smallest absolute Gasteiger partial charge is 0.275 e. The van der Waals surface area contributed by atoms with Gasteiger partial charge >= 0.3 is 0 Å². The van der Waals surface area contributed by atoms with Crippen molar-refractivity contribution in [3.05, 3.63) is 46.7 Å². The summed E-state index contributed by atoms with van der Waals surface area (Å²) in [6.07, 6.45) is 5.92. The summed E-state index contributed by atoms with van der Waals surface area (Å²) in [7, 11) is 5.48. The van der Waals surface area contributed by atoms with Crippen LogP contribution in [-0.4, -0.2) is 48.0 Å². The van der Waals surface area contributed by atoms with E-state index in [2.05, 4.69) is 9.97 Å². The van der Waals surface area contributed by atoms with Crippen molar-refractivity contribution in [1.82, 2.24) is 14.5 Å². The lowest BCUT2D eigenvalue weighted by atomic mass is 10.1. The maximum atomic E-state index is 14.5. The second-order valence-corrected chi connectivity index (χ2v) is 8.37. The molecular weight excluding hydrogens is 391 g/mol. The summed E-state index contributed by atoms with van der Waals surface area (Å²) in [6.45, 7) is 1.93. The van der Waals surface area contributed by atoms with Crippen LogP contribution in [-0.2, 0) is 4.74 Å². The quantitative estimate of drug-likeness (QED) is 0.608. The molecule has 3 aromatic rings. The molecule has 8 heteroatoms. The van der Waals surface area contributed by atoms with E-state index in [0.717, 1.165) is 21.6 Å². The fourth-order valence-electron chi connectivity index (χ4n) is 3.62. The first-order chi connectivity index (χ1) is 13.9. The first-order valence-electron chi connectivity index (χ1n) is 9.42. The standard InChI is InChI=1S/C21H23FN4O2S/c1-12-8-16(25(2)3)17-18-19(29-20(17)24-12)21(27)26(11-23-18)14-6-5-7-15(28-4)10-13(22)9-14/h5,7-9,11,13,15H,6,10H2,1-4H3/b7-5-,14-9+. The number of aromatic nitrogens is 3. The Labute approximate surface area is 171 Å². The van der Waals surface area contributed by atoms with Gasteiger partial charge in [0.2, 0.25) is 0 Å². The number of alkyl halides is 1. The van der Waals surface area contributed by atoms with E-state index in [-0.39, 0.29) is 18.1 Å². The Morgan fingerprint density at radius 3 is 2.90 bits per heavy atom. The number of rotatable bonds is 3. The van der Waals surface area contributed by atoms with Crippen LogP contribution in [0.3, 0.4) is 0 Å². The molecule has 0 saturated carbocycles. The van der Waals surface area contributed by atoms with E-state index in [9.17, 15) is 9.18 Å². The molecule has 0 spiro atoms. The molecule has 0 fully saturated rings. The van der Waals surface area contributed by atoms with E-state index in [1.165, 1.54) is 28.3 Å². The number of aryl methyl sites for hydroxylation is 1. The van der Waals surface area contributed by atoms with Gasteiger partial charge in [0.05, 0.1) is 22.7 Å². The van der Waals surface area contributed by atoms with E-state index >= 15 is 0 Å². The molecule has 29 heavy (non-hydrogen) atoms. The van der Waals surface area contributed by atoms with Gasteiger partial charge in [0, 0.05) is 45.4 Å². The zero-order valence-electron chi connectivity index (χ0n) is 16.8. The Balaban J connectivity index is 1.88. The summed E-state index contributed by atoms with van der Waals surface area (Å²) in [5.74, 6) is 0. The van der Waals surface area contributed by atoms with Gasteiger partial charge in [-0.15, -0.1) is 11.3 Å². The number of pyridine rings is 1. The number of thiophene rings is 1. The summed E-state index contributed by atoms with van der Waals surface area (Å²) < 4.78 is 21.7. The van der Waals surface area contributed by atoms with Crippen LogP contribution in [0.15, 0.2) is 35.4 Å². The maximum Gasteiger partial charge on any atom is 0.275 e. The minimum atomic E-state index is -1.20. The molecule has 0 aliphatic heterocycles. The number of allylic oxidation sites excluding steroid dienone is 3. The number of ether oxygens (including phenoxy) is 1. The molecule has 2 unspecified atom stereocenters. The van der Waals surface area contributed by atoms with Crippen LogP contribution in [0.1, 0.15) is 18.5 Å². The van der Waals surface area contributed by atoms with Crippen LogP contribution in [0.5, 0.6) is 0 Å². The molecular formula is C21H23FN4O2S. The van der Waals surface area contributed by atoms with E-state index in [1.54, 1.807) is 7.11 Å². The van der Waals surface area contributed by atoms with E-state index in [1.807, 2.05) is 44.1 Å². The van der Waals surface area contributed by atoms with E-state index in [4.69, 9.17) is 4.74 Å². The van der Waals surface area contributed by atoms with Gasteiger partial charge in [-0.1, -0.05) is 12.2 Å². The second-order valence-electron chi connectivity index (χ2n) is 7.37. The lowest BCUT2D eigenvalue weighted by molar-refractivity contribution is 0.115. The predicted octanol–water partition coefficient (Wildman–Crippen LogP) is 3.92. The predicted molar refractivity (Wildman–Crippen MR) is 117 cm³/mol. The van der Waals surface area contributed by atoms with Gasteiger partial charge in [0.1, 0.15) is 22.0 Å². The van der Waals surface area contributed by atoms with Crippen molar-refractivity contribution in [3.63, 3.8) is 0 Å². The molecule has 2 atom stereocenters. The third-order valence-corrected chi connectivity index (χ3v) is 6.12. The number of methoxy groups -OCH3 is 1. The Morgan fingerprint density at radius 2 is 2.17 bits per heavy atom. The molecule has 3 heterocycles. The van der Waals surface area contributed by atoms with Crippen molar-refractivity contribution in [2.24, 2.45) is 0 Å². The van der Waals surface area contributed by atoms with Gasteiger partial charge in [-0.25, -0.2) is 14.4 Å². The zero-order chi connectivity index (χ0) is 20.7. The Hall–Kier alpha value is -2.58. The van der Waals surface area contributed by atoms with E-state index < -0.39 is 6.17 Å². The molecule has 0 aromatic carbocycles. The van der Waals surface area contributed by atoms with Gasteiger partial charge in [-0.05, 0) is 19.1 Å². The fourth-order valence-corrected chi connectivity index (χ4v) is 4.75. The SMILES string of the molecule is COC1/C=C\C/C(n2cnc3c(sc4nc(C)cc(N(C)C)c43)c2=O)=C\C(F)C1. The van der Waals surface area contributed by atoms with Crippen molar-refractivity contribution in [2.75, 3.05) is 26.1 Å². The van der Waals surface area contributed by atoms with Crippen molar-refractivity contribution < 1.29 is 9.13 Å². The highest BCUT2D eigenvalue weighted by Gasteiger charge is 2.20. The molecule has 0 amide bonds. The van der Waals surface area contributed by atoms with Crippen molar-refractivity contribution in [1.29, 1.82) is 0 Å². The van der Waals surface area contributed by atoms with E-state index in [0.29, 0.717) is 22.3 Å². The highest BCUT2D eigenvalue weighted by Crippen LogP contribution is 2.36. The summed E-state index contributed by atoms with van der Waals surface area (Å²) in [5, 5.41) is 0.877. The van der Waals surface area contributed by atoms with Gasteiger partial charge in [-0.3, -0.25) is 9.36 Å². The van der Waals surface area contributed by atoms with Crippen molar-refractivity contribution >= 4 is 43.2 Å². The van der Waals surface area contributed by atoms with Crippen molar-refractivity contribution in [2.45, 2.75) is 32.0 Å². The molecule has 6 nitrogen and oxygen atoms in total. The lowest BCUT2D eigenvalue weighted by Crippen LogP contribution is -2.22. The number of anilines is 1. The summed E-state index contributed by atoms with van der Waals surface area (Å²) in [6, 6.07) is 1.99. The third kappa shape index (κ3) is 3.58. The number of nitrogens with zero attached hydrogens (tertiary/aromatic N) is 4. The zero-order valence-corrected chi connectivity index (χ0v) is 17.7.